The largest absolute Gasteiger partial charge is 0.438 e. The molecule has 0 aliphatic rings. The highest BCUT2D eigenvalue weighted by Crippen LogP contribution is 2.48. The number of carbonyl (C=O) groups excluding carboxylic acids is 1. The predicted molar refractivity (Wildman–Crippen MR) is 101 cm³/mol. The van der Waals surface area contributed by atoms with Gasteiger partial charge < -0.3 is 15.5 Å². The summed E-state index contributed by atoms with van der Waals surface area (Å²) in [5.74, 6) is -0.0956. The van der Waals surface area contributed by atoms with Gasteiger partial charge in [0.2, 0.25) is 0 Å². The average molecular weight is 357 g/mol. The third-order valence-electron chi connectivity index (χ3n) is 4.32. The van der Waals surface area contributed by atoms with E-state index in [1.165, 1.54) is 11.3 Å². The van der Waals surface area contributed by atoms with Crippen LogP contribution < -0.4 is 5.73 Å². The summed E-state index contributed by atoms with van der Waals surface area (Å²) in [7, 11) is 0. The fourth-order valence-corrected chi connectivity index (χ4v) is 4.18. The average Bonchev–Trinajstić information content (AvgIpc) is 3.12. The van der Waals surface area contributed by atoms with Crippen molar-refractivity contribution in [3.8, 4) is 0 Å². The zero-order chi connectivity index (χ0) is 18.2. The lowest BCUT2D eigenvalue weighted by atomic mass is 9.73. The van der Waals surface area contributed by atoms with Crippen LogP contribution in [0.15, 0.2) is 35.8 Å². The summed E-state index contributed by atoms with van der Waals surface area (Å²) >= 11 is 1.49. The van der Waals surface area contributed by atoms with E-state index in [1.807, 2.05) is 36.7 Å². The number of aromatic nitrogens is 2. The number of fused-ring (bicyclic) bond motifs is 1. The fraction of sp³-hybridized carbons (Fsp3) is 0.368. The van der Waals surface area contributed by atoms with Crippen LogP contribution in [0.4, 0.5) is 4.79 Å². The van der Waals surface area contributed by atoms with E-state index in [4.69, 9.17) is 10.5 Å². The number of nitrogens with two attached hydrogens (primary N) is 1. The van der Waals surface area contributed by atoms with Gasteiger partial charge in [-0.25, -0.2) is 9.78 Å². The van der Waals surface area contributed by atoms with Crippen LogP contribution in [0.5, 0.6) is 0 Å². The zero-order valence-electron chi connectivity index (χ0n) is 14.9. The first-order valence-electron chi connectivity index (χ1n) is 8.21. The van der Waals surface area contributed by atoms with Crippen LogP contribution in [-0.4, -0.2) is 16.1 Å². The van der Waals surface area contributed by atoms with Gasteiger partial charge in [0.15, 0.2) is 6.10 Å². The standard InChI is InChI=1S/C19H23N3O2S/c1-11-10-25-17(22-11)16(24-18(20)23)15(19(2,3)4)13-9-21-14-8-6-5-7-12(13)14/h5-10,15-16,21H,1-4H3,(H2,20,23). The number of thiazole rings is 1. The first-order valence-corrected chi connectivity index (χ1v) is 9.09. The number of hydrogen-bond acceptors (Lipinski definition) is 4. The number of nitrogens with zero attached hydrogens (tertiary/aromatic N) is 1. The molecule has 132 valence electrons. The summed E-state index contributed by atoms with van der Waals surface area (Å²) in [6.07, 6.45) is 0.681. The quantitative estimate of drug-likeness (QED) is 0.697. The Balaban J connectivity index is 2.17. The minimum atomic E-state index is -0.785. The van der Waals surface area contributed by atoms with Crippen LogP contribution >= 0.6 is 11.3 Å². The van der Waals surface area contributed by atoms with Crippen molar-refractivity contribution in [3.63, 3.8) is 0 Å². The Morgan fingerprint density at radius 2 is 2.04 bits per heavy atom. The van der Waals surface area contributed by atoms with Crippen LogP contribution in [0.3, 0.4) is 0 Å². The van der Waals surface area contributed by atoms with Gasteiger partial charge in [-0.1, -0.05) is 39.0 Å². The first kappa shape index (κ1) is 17.5. The summed E-state index contributed by atoms with van der Waals surface area (Å²) in [6.45, 7) is 8.34. The number of H-pyrrole nitrogens is 1. The number of rotatable bonds is 4. The van der Waals surface area contributed by atoms with Crippen molar-refractivity contribution in [2.45, 2.75) is 39.7 Å². The molecule has 0 bridgehead atoms. The number of para-hydroxylation sites is 1. The van der Waals surface area contributed by atoms with E-state index < -0.39 is 12.2 Å². The molecule has 0 radical (unpaired) electrons. The van der Waals surface area contributed by atoms with Crippen molar-refractivity contribution in [1.29, 1.82) is 0 Å². The van der Waals surface area contributed by atoms with Crippen LogP contribution in [0, 0.1) is 12.3 Å². The van der Waals surface area contributed by atoms with Gasteiger partial charge in [0.1, 0.15) is 5.01 Å². The van der Waals surface area contributed by atoms with Crippen molar-refractivity contribution in [2.75, 3.05) is 0 Å². The number of carbonyl (C=O) groups is 1. The molecule has 0 fully saturated rings. The number of amides is 1. The van der Waals surface area contributed by atoms with E-state index in [2.05, 4.69) is 36.8 Å². The van der Waals surface area contributed by atoms with Crippen molar-refractivity contribution >= 4 is 28.3 Å². The SMILES string of the molecule is Cc1csc(C(OC(N)=O)C(c2c[nH]c3ccccc23)C(C)(C)C)n1. The molecule has 0 saturated carbocycles. The highest BCUT2D eigenvalue weighted by atomic mass is 32.1. The van der Waals surface area contributed by atoms with Crippen molar-refractivity contribution in [2.24, 2.45) is 11.1 Å². The van der Waals surface area contributed by atoms with Crippen LogP contribution in [-0.2, 0) is 4.74 Å². The molecule has 3 N–H and O–H groups in total. The number of benzene rings is 1. The number of primary amides is 1. The summed E-state index contributed by atoms with van der Waals surface area (Å²) in [5.41, 5.74) is 8.28. The molecule has 0 aliphatic heterocycles. The molecular weight excluding hydrogens is 334 g/mol. The molecule has 0 aliphatic carbocycles. The third kappa shape index (κ3) is 3.54. The second-order valence-corrected chi connectivity index (χ2v) is 8.21. The first-order chi connectivity index (χ1) is 11.8. The zero-order valence-corrected chi connectivity index (χ0v) is 15.7. The maximum absolute atomic E-state index is 11.6. The van der Waals surface area contributed by atoms with Crippen LogP contribution in [0.1, 0.15) is 49.1 Å². The molecule has 0 saturated heterocycles. The van der Waals surface area contributed by atoms with Gasteiger partial charge in [-0.2, -0.15) is 0 Å². The van der Waals surface area contributed by atoms with E-state index in [1.54, 1.807) is 0 Å². The van der Waals surface area contributed by atoms with Crippen molar-refractivity contribution in [3.05, 3.63) is 52.1 Å². The number of nitrogens with one attached hydrogen (secondary N) is 1. The minimum absolute atomic E-state index is 0.0956. The molecule has 2 aromatic heterocycles. The van der Waals surface area contributed by atoms with Crippen LogP contribution in [0.2, 0.25) is 0 Å². The van der Waals surface area contributed by atoms with Crippen molar-refractivity contribution in [1.82, 2.24) is 9.97 Å². The lowest BCUT2D eigenvalue weighted by Crippen LogP contribution is -2.30. The lowest BCUT2D eigenvalue weighted by Gasteiger charge is -2.35. The molecule has 2 unspecified atom stereocenters. The molecule has 25 heavy (non-hydrogen) atoms. The summed E-state index contributed by atoms with van der Waals surface area (Å²) < 4.78 is 5.58. The molecule has 3 rings (SSSR count). The normalized spacial score (nSPS) is 14.4. The number of hydrogen-bond donors (Lipinski definition) is 2. The Morgan fingerprint density at radius 3 is 2.64 bits per heavy atom. The molecular formula is C19H23N3O2S. The predicted octanol–water partition coefficient (Wildman–Crippen LogP) is 4.90. The van der Waals surface area contributed by atoms with Gasteiger partial charge in [-0.05, 0) is 24.0 Å². The van der Waals surface area contributed by atoms with Crippen molar-refractivity contribution < 1.29 is 9.53 Å². The highest BCUT2D eigenvalue weighted by molar-refractivity contribution is 7.09. The molecule has 2 atom stereocenters. The van der Waals surface area contributed by atoms with E-state index >= 15 is 0 Å². The Hall–Kier alpha value is -2.34. The molecule has 1 amide bonds. The second kappa shape index (κ2) is 6.52. The topological polar surface area (TPSA) is 81.0 Å². The molecule has 0 spiro atoms. The third-order valence-corrected chi connectivity index (χ3v) is 5.34. The van der Waals surface area contributed by atoms with Gasteiger partial charge in [0.25, 0.3) is 0 Å². The van der Waals surface area contributed by atoms with Crippen LogP contribution in [0.25, 0.3) is 10.9 Å². The molecule has 2 heterocycles. The van der Waals surface area contributed by atoms with Gasteiger partial charge in [-0.15, -0.1) is 11.3 Å². The number of aromatic amines is 1. The van der Waals surface area contributed by atoms with Gasteiger partial charge in [0.05, 0.1) is 0 Å². The lowest BCUT2D eigenvalue weighted by molar-refractivity contribution is 0.0581. The maximum Gasteiger partial charge on any atom is 0.405 e. The monoisotopic (exact) mass is 357 g/mol. The Labute approximate surface area is 151 Å². The van der Waals surface area contributed by atoms with E-state index in [0.29, 0.717) is 0 Å². The summed E-state index contributed by atoms with van der Waals surface area (Å²) in [5, 5.41) is 3.84. The maximum atomic E-state index is 11.6. The molecule has 3 aromatic rings. The molecule has 1 aromatic carbocycles. The molecule has 5 nitrogen and oxygen atoms in total. The van der Waals surface area contributed by atoms with E-state index in [9.17, 15) is 4.79 Å². The van der Waals surface area contributed by atoms with Gasteiger partial charge >= 0.3 is 6.09 Å². The Kier molecular flexibility index (Phi) is 4.56. The minimum Gasteiger partial charge on any atom is -0.438 e. The summed E-state index contributed by atoms with van der Waals surface area (Å²) in [6, 6.07) is 8.12. The Bertz CT molecular complexity index is 891. The number of aryl methyl sites for hydroxylation is 1. The highest BCUT2D eigenvalue weighted by Gasteiger charge is 2.39. The Morgan fingerprint density at radius 1 is 1.32 bits per heavy atom. The number of ether oxygens (including phenoxy) is 1. The summed E-state index contributed by atoms with van der Waals surface area (Å²) in [4.78, 5) is 19.5. The van der Waals surface area contributed by atoms with E-state index in [-0.39, 0.29) is 11.3 Å². The van der Waals surface area contributed by atoms with Gasteiger partial charge in [-0.3, -0.25) is 0 Å². The molecule has 6 heteroatoms. The fourth-order valence-electron chi connectivity index (χ4n) is 3.32. The van der Waals surface area contributed by atoms with E-state index in [0.717, 1.165) is 27.2 Å². The smallest absolute Gasteiger partial charge is 0.405 e. The van der Waals surface area contributed by atoms with Gasteiger partial charge in [0, 0.05) is 34.1 Å². The second-order valence-electron chi connectivity index (χ2n) is 7.32.